The molecule has 1 aromatic carbocycles. The van der Waals surface area contributed by atoms with Gasteiger partial charge in [0, 0.05) is 17.0 Å². The van der Waals surface area contributed by atoms with Crippen molar-refractivity contribution in [3.63, 3.8) is 0 Å². The number of fused-ring (bicyclic) bond motifs is 1. The number of nitrogens with zero attached hydrogens (tertiary/aromatic N) is 1. The third-order valence-corrected chi connectivity index (χ3v) is 6.28. The predicted molar refractivity (Wildman–Crippen MR) is 112 cm³/mol. The minimum Gasteiger partial charge on any atom is -0.462 e. The Morgan fingerprint density at radius 2 is 2.17 bits per heavy atom. The fourth-order valence-electron chi connectivity index (χ4n) is 3.29. The van der Waals surface area contributed by atoms with Crippen LogP contribution in [0.5, 0.6) is 0 Å². The number of nitro benzene ring substituents is 1. The van der Waals surface area contributed by atoms with Gasteiger partial charge in [0.25, 0.3) is 11.6 Å². The van der Waals surface area contributed by atoms with Crippen molar-refractivity contribution in [1.82, 2.24) is 0 Å². The second-order valence-corrected chi connectivity index (χ2v) is 8.58. The van der Waals surface area contributed by atoms with Crippen LogP contribution in [-0.4, -0.2) is 23.4 Å². The summed E-state index contributed by atoms with van der Waals surface area (Å²) in [6.45, 7) is 4.36. The molecule has 154 valence electrons. The second kappa shape index (κ2) is 8.92. The Labute approximate surface area is 177 Å². The maximum Gasteiger partial charge on any atom is 0.341 e. The van der Waals surface area contributed by atoms with Crippen molar-refractivity contribution in [2.24, 2.45) is 5.92 Å². The van der Waals surface area contributed by atoms with Gasteiger partial charge in [-0.3, -0.25) is 14.9 Å². The normalized spacial score (nSPS) is 15.5. The first-order valence-electron chi connectivity index (χ1n) is 9.38. The first kappa shape index (κ1) is 21.3. The summed E-state index contributed by atoms with van der Waals surface area (Å²) in [5.41, 5.74) is 1.06. The first-order valence-corrected chi connectivity index (χ1v) is 10.6. The number of rotatable bonds is 6. The van der Waals surface area contributed by atoms with Gasteiger partial charge in [0.15, 0.2) is 0 Å². The quantitative estimate of drug-likeness (QED) is 0.378. The van der Waals surface area contributed by atoms with E-state index < -0.39 is 16.8 Å². The maximum absolute atomic E-state index is 12.8. The number of benzene rings is 1. The lowest BCUT2D eigenvalue weighted by molar-refractivity contribution is -0.384. The van der Waals surface area contributed by atoms with E-state index >= 15 is 0 Å². The third-order valence-electron chi connectivity index (χ3n) is 4.79. The molecule has 9 heteroatoms. The molecule has 0 bridgehead atoms. The van der Waals surface area contributed by atoms with Crippen LogP contribution in [0.15, 0.2) is 18.2 Å². The molecule has 3 rings (SSSR count). The monoisotopic (exact) mass is 436 g/mol. The van der Waals surface area contributed by atoms with Crippen molar-refractivity contribution >= 4 is 45.5 Å². The SMILES string of the molecule is CCCOC(=O)c1c(NC(=O)c2cc([N+](=O)[O-])ccc2Cl)sc2c1CCC(C)C2. The molecule has 1 N–H and O–H groups in total. The van der Waals surface area contributed by atoms with Crippen LogP contribution in [0.4, 0.5) is 10.7 Å². The maximum atomic E-state index is 12.8. The molecule has 0 saturated heterocycles. The molecular formula is C20H21ClN2O5S. The van der Waals surface area contributed by atoms with Gasteiger partial charge in [-0.25, -0.2) is 4.79 Å². The van der Waals surface area contributed by atoms with Crippen LogP contribution in [0.1, 0.15) is 57.8 Å². The zero-order valence-corrected chi connectivity index (χ0v) is 17.7. The summed E-state index contributed by atoms with van der Waals surface area (Å²) < 4.78 is 5.33. The highest BCUT2D eigenvalue weighted by atomic mass is 35.5. The Kier molecular flexibility index (Phi) is 6.54. The van der Waals surface area contributed by atoms with E-state index in [0.29, 0.717) is 29.5 Å². The molecule has 0 aliphatic heterocycles. The Morgan fingerprint density at radius 3 is 2.86 bits per heavy atom. The van der Waals surface area contributed by atoms with E-state index in [1.54, 1.807) is 0 Å². The number of carbonyl (C=O) groups is 2. The fourth-order valence-corrected chi connectivity index (χ4v) is 4.89. The van der Waals surface area contributed by atoms with Crippen LogP contribution in [0.3, 0.4) is 0 Å². The Morgan fingerprint density at radius 1 is 1.41 bits per heavy atom. The number of hydrogen-bond donors (Lipinski definition) is 1. The van der Waals surface area contributed by atoms with Crippen LogP contribution in [0.25, 0.3) is 0 Å². The Balaban J connectivity index is 1.96. The lowest BCUT2D eigenvalue weighted by atomic mass is 9.88. The molecule has 1 heterocycles. The zero-order valence-electron chi connectivity index (χ0n) is 16.1. The Bertz CT molecular complexity index is 972. The molecule has 1 amide bonds. The van der Waals surface area contributed by atoms with Gasteiger partial charge in [0.1, 0.15) is 5.00 Å². The lowest BCUT2D eigenvalue weighted by Crippen LogP contribution is -2.17. The molecule has 1 unspecified atom stereocenters. The molecule has 2 aromatic rings. The van der Waals surface area contributed by atoms with Crippen molar-refractivity contribution in [3.8, 4) is 0 Å². The molecule has 0 fully saturated rings. The Hall–Kier alpha value is -2.45. The van der Waals surface area contributed by atoms with Gasteiger partial charge >= 0.3 is 5.97 Å². The highest BCUT2D eigenvalue weighted by Crippen LogP contribution is 2.40. The van der Waals surface area contributed by atoms with Crippen molar-refractivity contribution < 1.29 is 19.2 Å². The molecule has 29 heavy (non-hydrogen) atoms. The van der Waals surface area contributed by atoms with E-state index in [-0.39, 0.29) is 16.3 Å². The number of carbonyl (C=O) groups excluding carboxylic acids is 2. The molecule has 0 spiro atoms. The van der Waals surface area contributed by atoms with Gasteiger partial charge in [-0.05, 0) is 43.2 Å². The summed E-state index contributed by atoms with van der Waals surface area (Å²) in [5.74, 6) is -0.565. The average molecular weight is 437 g/mol. The summed E-state index contributed by atoms with van der Waals surface area (Å²) in [6.07, 6.45) is 3.24. The van der Waals surface area contributed by atoms with Gasteiger partial charge < -0.3 is 10.1 Å². The van der Waals surface area contributed by atoms with E-state index in [0.717, 1.165) is 35.8 Å². The molecule has 1 aliphatic carbocycles. The van der Waals surface area contributed by atoms with Crippen LogP contribution in [0.2, 0.25) is 5.02 Å². The van der Waals surface area contributed by atoms with E-state index in [2.05, 4.69) is 12.2 Å². The minimum atomic E-state index is -0.602. The van der Waals surface area contributed by atoms with E-state index in [4.69, 9.17) is 16.3 Å². The fraction of sp³-hybridized carbons (Fsp3) is 0.400. The van der Waals surface area contributed by atoms with Crippen molar-refractivity contribution in [2.75, 3.05) is 11.9 Å². The molecule has 7 nitrogen and oxygen atoms in total. The molecule has 1 aliphatic rings. The smallest absolute Gasteiger partial charge is 0.341 e. The topological polar surface area (TPSA) is 98.5 Å². The minimum absolute atomic E-state index is 0.0199. The standard InChI is InChI=1S/C20H21ClN2O5S/c1-3-8-28-20(25)17-13-6-4-11(2)9-16(13)29-19(17)22-18(24)14-10-12(23(26)27)5-7-15(14)21/h5,7,10-11H,3-4,6,8-9H2,1-2H3,(H,22,24). The van der Waals surface area contributed by atoms with E-state index in [9.17, 15) is 19.7 Å². The van der Waals surface area contributed by atoms with Gasteiger partial charge in [-0.1, -0.05) is 25.4 Å². The second-order valence-electron chi connectivity index (χ2n) is 7.07. The van der Waals surface area contributed by atoms with Crippen molar-refractivity contribution in [3.05, 3.63) is 54.9 Å². The number of nitrogens with one attached hydrogen (secondary N) is 1. The third kappa shape index (κ3) is 4.59. The van der Waals surface area contributed by atoms with Crippen molar-refractivity contribution in [1.29, 1.82) is 0 Å². The zero-order chi connectivity index (χ0) is 21.1. The van der Waals surface area contributed by atoms with Crippen molar-refractivity contribution in [2.45, 2.75) is 39.5 Å². The van der Waals surface area contributed by atoms with Crippen LogP contribution in [0, 0.1) is 16.0 Å². The number of nitro groups is 1. The average Bonchev–Trinajstić information content (AvgIpc) is 3.02. The van der Waals surface area contributed by atoms with E-state index in [1.165, 1.54) is 23.5 Å². The lowest BCUT2D eigenvalue weighted by Gasteiger charge is -2.18. The molecule has 0 radical (unpaired) electrons. The molecular weight excluding hydrogens is 416 g/mol. The molecule has 1 aromatic heterocycles. The number of hydrogen-bond acceptors (Lipinski definition) is 6. The van der Waals surface area contributed by atoms with E-state index in [1.807, 2.05) is 6.92 Å². The number of non-ortho nitro benzene ring substituents is 1. The van der Waals surface area contributed by atoms with Crippen LogP contribution in [-0.2, 0) is 17.6 Å². The predicted octanol–water partition coefficient (Wildman–Crippen LogP) is 5.25. The number of thiophene rings is 1. The number of anilines is 1. The number of halogens is 1. The summed E-state index contributed by atoms with van der Waals surface area (Å²) in [4.78, 5) is 37.0. The largest absolute Gasteiger partial charge is 0.462 e. The summed E-state index contributed by atoms with van der Waals surface area (Å²) >= 11 is 7.44. The number of ether oxygens (including phenoxy) is 1. The molecule has 0 saturated carbocycles. The summed E-state index contributed by atoms with van der Waals surface area (Å²) in [5, 5.41) is 14.3. The number of amides is 1. The summed E-state index contributed by atoms with van der Waals surface area (Å²) in [6, 6.07) is 3.67. The van der Waals surface area contributed by atoms with Gasteiger partial charge in [0.05, 0.1) is 27.7 Å². The van der Waals surface area contributed by atoms with Crippen LogP contribution < -0.4 is 5.32 Å². The first-order chi connectivity index (χ1) is 13.8. The highest BCUT2D eigenvalue weighted by Gasteiger charge is 2.30. The summed E-state index contributed by atoms with van der Waals surface area (Å²) in [7, 11) is 0. The number of esters is 1. The van der Waals surface area contributed by atoms with Gasteiger partial charge in [0.2, 0.25) is 0 Å². The van der Waals surface area contributed by atoms with Gasteiger partial charge in [-0.2, -0.15) is 0 Å². The van der Waals surface area contributed by atoms with Crippen LogP contribution >= 0.6 is 22.9 Å². The highest BCUT2D eigenvalue weighted by molar-refractivity contribution is 7.17. The van der Waals surface area contributed by atoms with Gasteiger partial charge in [-0.15, -0.1) is 11.3 Å². The molecule has 1 atom stereocenters.